The molecule has 0 saturated carbocycles. The van der Waals surface area contributed by atoms with Gasteiger partial charge >= 0.3 is 0 Å². The van der Waals surface area contributed by atoms with Crippen LogP contribution in [0.4, 0.5) is 5.82 Å². The number of hydrogen-bond donors (Lipinski definition) is 2. The summed E-state index contributed by atoms with van der Waals surface area (Å²) >= 11 is 5.84. The minimum Gasteiger partial charge on any atom is -0.384 e. The van der Waals surface area contributed by atoms with Crippen molar-refractivity contribution in [3.05, 3.63) is 40.9 Å². The number of pyridine rings is 1. The Hall–Kier alpha value is -2.08. The summed E-state index contributed by atoms with van der Waals surface area (Å²) in [7, 11) is 0. The number of carbonyl (C=O) groups is 1. The van der Waals surface area contributed by atoms with Gasteiger partial charge in [-0.1, -0.05) is 16.8 Å². The molecule has 1 amide bonds. The summed E-state index contributed by atoms with van der Waals surface area (Å²) in [6.07, 6.45) is 2.76. The predicted octanol–water partition coefficient (Wildman–Crippen LogP) is 1.24. The second kappa shape index (κ2) is 4.84. The zero-order chi connectivity index (χ0) is 12.3. The Labute approximate surface area is 102 Å². The van der Waals surface area contributed by atoms with Crippen LogP contribution in [0.25, 0.3) is 0 Å². The maximum Gasteiger partial charge on any atom is 0.253 e. The van der Waals surface area contributed by atoms with Crippen molar-refractivity contribution in [2.75, 3.05) is 5.73 Å². The predicted molar refractivity (Wildman–Crippen MR) is 61.3 cm³/mol. The highest BCUT2D eigenvalue weighted by Gasteiger charge is 2.11. The summed E-state index contributed by atoms with van der Waals surface area (Å²) < 4.78 is 4.64. The van der Waals surface area contributed by atoms with Gasteiger partial charge in [0.05, 0.1) is 17.1 Å². The van der Waals surface area contributed by atoms with E-state index in [9.17, 15) is 4.79 Å². The lowest BCUT2D eigenvalue weighted by molar-refractivity contribution is 0.0950. The van der Waals surface area contributed by atoms with E-state index in [1.54, 1.807) is 6.07 Å². The van der Waals surface area contributed by atoms with Crippen molar-refractivity contribution in [1.82, 2.24) is 15.5 Å². The zero-order valence-corrected chi connectivity index (χ0v) is 9.44. The van der Waals surface area contributed by atoms with Crippen LogP contribution >= 0.6 is 11.6 Å². The van der Waals surface area contributed by atoms with Crippen LogP contribution in [0, 0.1) is 0 Å². The maximum absolute atomic E-state index is 11.8. The molecule has 2 aromatic rings. The van der Waals surface area contributed by atoms with E-state index in [1.165, 1.54) is 18.5 Å². The van der Waals surface area contributed by atoms with Gasteiger partial charge in [-0.25, -0.2) is 4.98 Å². The van der Waals surface area contributed by atoms with Gasteiger partial charge < -0.3 is 15.6 Å². The third-order valence-electron chi connectivity index (χ3n) is 2.04. The molecule has 17 heavy (non-hydrogen) atoms. The van der Waals surface area contributed by atoms with E-state index >= 15 is 0 Å². The largest absolute Gasteiger partial charge is 0.384 e. The average Bonchev–Trinajstić information content (AvgIpc) is 2.82. The van der Waals surface area contributed by atoms with Gasteiger partial charge in [-0.05, 0) is 6.07 Å². The number of anilines is 1. The summed E-state index contributed by atoms with van der Waals surface area (Å²) in [5, 5.41) is 6.55. The smallest absolute Gasteiger partial charge is 0.253 e. The minimum atomic E-state index is -0.341. The summed E-state index contributed by atoms with van der Waals surface area (Å²) in [6.45, 7) is 0.258. The van der Waals surface area contributed by atoms with E-state index in [-0.39, 0.29) is 28.9 Å². The Morgan fingerprint density at radius 3 is 3.12 bits per heavy atom. The first-order valence-corrected chi connectivity index (χ1v) is 5.13. The van der Waals surface area contributed by atoms with Crippen molar-refractivity contribution in [3.8, 4) is 0 Å². The Morgan fingerprint density at radius 2 is 2.41 bits per heavy atom. The number of nitrogens with two attached hydrogens (primary N) is 1. The molecule has 7 heteroatoms. The number of aromatic nitrogens is 2. The van der Waals surface area contributed by atoms with Crippen LogP contribution in [0.5, 0.6) is 0 Å². The van der Waals surface area contributed by atoms with Gasteiger partial charge in [0.25, 0.3) is 5.91 Å². The van der Waals surface area contributed by atoms with Crippen molar-refractivity contribution in [3.63, 3.8) is 0 Å². The van der Waals surface area contributed by atoms with E-state index in [0.717, 1.165) is 0 Å². The Balaban J connectivity index is 2.07. The molecule has 0 atom stereocenters. The number of nitrogen functional groups attached to an aromatic ring is 1. The molecule has 0 radical (unpaired) electrons. The van der Waals surface area contributed by atoms with E-state index in [4.69, 9.17) is 17.3 Å². The SMILES string of the molecule is Nc1cc(C(=O)NCc2ccon2)c(Cl)cn1. The monoisotopic (exact) mass is 252 g/mol. The molecule has 0 bridgehead atoms. The number of nitrogens with one attached hydrogen (secondary N) is 1. The van der Waals surface area contributed by atoms with Crippen molar-refractivity contribution >= 4 is 23.3 Å². The van der Waals surface area contributed by atoms with Crippen LogP contribution in [0.2, 0.25) is 5.02 Å². The van der Waals surface area contributed by atoms with E-state index in [0.29, 0.717) is 5.69 Å². The molecule has 88 valence electrons. The van der Waals surface area contributed by atoms with E-state index in [1.807, 2.05) is 0 Å². The highest BCUT2D eigenvalue weighted by Crippen LogP contribution is 2.16. The number of hydrogen-bond acceptors (Lipinski definition) is 5. The fourth-order valence-electron chi connectivity index (χ4n) is 1.22. The highest BCUT2D eigenvalue weighted by atomic mass is 35.5. The maximum atomic E-state index is 11.8. The van der Waals surface area contributed by atoms with Gasteiger partial charge in [0.15, 0.2) is 0 Å². The van der Waals surface area contributed by atoms with Crippen LogP contribution in [0.1, 0.15) is 16.1 Å². The van der Waals surface area contributed by atoms with Crippen LogP contribution < -0.4 is 11.1 Å². The van der Waals surface area contributed by atoms with Gasteiger partial charge in [-0.3, -0.25) is 4.79 Å². The highest BCUT2D eigenvalue weighted by molar-refractivity contribution is 6.33. The van der Waals surface area contributed by atoms with Gasteiger partial charge in [-0.2, -0.15) is 0 Å². The molecule has 6 nitrogen and oxygen atoms in total. The normalized spacial score (nSPS) is 10.2. The number of halogens is 1. The summed E-state index contributed by atoms with van der Waals surface area (Å²) in [5.41, 5.74) is 6.38. The number of amides is 1. The Kier molecular flexibility index (Phi) is 3.24. The molecule has 0 spiro atoms. The molecule has 2 rings (SSSR count). The van der Waals surface area contributed by atoms with Crippen molar-refractivity contribution < 1.29 is 9.32 Å². The van der Waals surface area contributed by atoms with Gasteiger partial charge in [0.2, 0.25) is 0 Å². The second-order valence-electron chi connectivity index (χ2n) is 3.26. The van der Waals surface area contributed by atoms with Crippen molar-refractivity contribution in [2.45, 2.75) is 6.54 Å². The van der Waals surface area contributed by atoms with E-state index < -0.39 is 0 Å². The standard InChI is InChI=1S/C10H9ClN4O2/c11-8-5-13-9(12)3-7(8)10(16)14-4-6-1-2-17-15-6/h1-3,5H,4H2,(H2,12,13)(H,14,16). The molecule has 3 N–H and O–H groups in total. The number of carbonyl (C=O) groups excluding carboxylic acids is 1. The Morgan fingerprint density at radius 1 is 1.59 bits per heavy atom. The molecular weight excluding hydrogens is 244 g/mol. The second-order valence-corrected chi connectivity index (χ2v) is 3.67. The molecule has 2 heterocycles. The fraction of sp³-hybridized carbons (Fsp3) is 0.100. The minimum absolute atomic E-state index is 0.237. The first-order chi connectivity index (χ1) is 8.16. The van der Waals surface area contributed by atoms with Crippen molar-refractivity contribution in [1.29, 1.82) is 0 Å². The number of nitrogens with zero attached hydrogens (tertiary/aromatic N) is 2. The van der Waals surface area contributed by atoms with Crippen LogP contribution in [0.15, 0.2) is 29.1 Å². The molecule has 0 fully saturated rings. The molecule has 2 aromatic heterocycles. The molecule has 0 aromatic carbocycles. The lowest BCUT2D eigenvalue weighted by atomic mass is 10.2. The quantitative estimate of drug-likeness (QED) is 0.857. The van der Waals surface area contributed by atoms with Gasteiger partial charge in [0.1, 0.15) is 17.8 Å². The zero-order valence-electron chi connectivity index (χ0n) is 8.68. The lowest BCUT2D eigenvalue weighted by Gasteiger charge is -2.05. The molecule has 0 aliphatic rings. The molecule has 0 saturated heterocycles. The van der Waals surface area contributed by atoms with Crippen LogP contribution in [0.3, 0.4) is 0 Å². The third kappa shape index (κ3) is 2.73. The summed E-state index contributed by atoms with van der Waals surface area (Å²) in [4.78, 5) is 15.5. The lowest BCUT2D eigenvalue weighted by Crippen LogP contribution is -2.23. The van der Waals surface area contributed by atoms with Gasteiger partial charge in [0, 0.05) is 12.3 Å². The number of rotatable bonds is 3. The summed E-state index contributed by atoms with van der Waals surface area (Å²) in [6, 6.07) is 3.07. The molecule has 0 aliphatic carbocycles. The van der Waals surface area contributed by atoms with E-state index in [2.05, 4.69) is 20.0 Å². The fourth-order valence-corrected chi connectivity index (χ4v) is 1.41. The van der Waals surface area contributed by atoms with Crippen LogP contribution in [-0.2, 0) is 6.54 Å². The third-order valence-corrected chi connectivity index (χ3v) is 2.34. The van der Waals surface area contributed by atoms with Crippen molar-refractivity contribution in [2.24, 2.45) is 0 Å². The molecule has 0 unspecified atom stereocenters. The Bertz CT molecular complexity index is 527. The molecular formula is C10H9ClN4O2. The summed E-state index contributed by atoms with van der Waals surface area (Å²) in [5.74, 6) is -0.104. The molecule has 0 aliphatic heterocycles. The average molecular weight is 253 g/mol. The topological polar surface area (TPSA) is 94.0 Å². The van der Waals surface area contributed by atoms with Crippen LogP contribution in [-0.4, -0.2) is 16.0 Å². The first kappa shape index (κ1) is 11.4. The van der Waals surface area contributed by atoms with Gasteiger partial charge in [-0.15, -0.1) is 0 Å². The first-order valence-electron chi connectivity index (χ1n) is 4.75.